The van der Waals surface area contributed by atoms with Gasteiger partial charge in [-0.15, -0.1) is 11.8 Å². The Hall–Kier alpha value is -1.98. The second-order valence-electron chi connectivity index (χ2n) is 6.91. The minimum absolute atomic E-state index is 0.0494. The summed E-state index contributed by atoms with van der Waals surface area (Å²) < 4.78 is 0. The number of carbonyl (C=O) groups is 2. The highest BCUT2D eigenvalue weighted by atomic mass is 35.5. The molecule has 0 aliphatic rings. The Morgan fingerprint density at radius 2 is 1.79 bits per heavy atom. The predicted molar refractivity (Wildman–Crippen MR) is 121 cm³/mol. The van der Waals surface area contributed by atoms with Crippen molar-refractivity contribution in [3.05, 3.63) is 64.7 Å². The van der Waals surface area contributed by atoms with Crippen molar-refractivity contribution < 1.29 is 9.59 Å². The Bertz CT molecular complexity index is 811. The highest BCUT2D eigenvalue weighted by Gasteiger charge is 2.28. The molecule has 156 valence electrons. The van der Waals surface area contributed by atoms with Crippen molar-refractivity contribution in [3.63, 3.8) is 0 Å². The van der Waals surface area contributed by atoms with Crippen LogP contribution < -0.4 is 5.32 Å². The molecule has 2 aromatic carbocycles. The summed E-state index contributed by atoms with van der Waals surface area (Å²) in [5, 5.41) is 3.61. The van der Waals surface area contributed by atoms with Gasteiger partial charge in [0.05, 0.1) is 5.75 Å². The number of nitrogens with one attached hydrogen (secondary N) is 1. The number of hydrogen-bond acceptors (Lipinski definition) is 3. The third-order valence-corrected chi connectivity index (χ3v) is 5.96. The molecule has 4 nitrogen and oxygen atoms in total. The van der Waals surface area contributed by atoms with Crippen LogP contribution in [0.15, 0.2) is 53.4 Å². The molecule has 6 heteroatoms. The highest BCUT2D eigenvalue weighted by molar-refractivity contribution is 8.00. The summed E-state index contributed by atoms with van der Waals surface area (Å²) in [6.45, 7) is 7.02. The molecule has 0 saturated carbocycles. The van der Waals surface area contributed by atoms with E-state index in [0.29, 0.717) is 24.5 Å². The van der Waals surface area contributed by atoms with Gasteiger partial charge < -0.3 is 10.2 Å². The Morgan fingerprint density at radius 3 is 2.41 bits per heavy atom. The summed E-state index contributed by atoms with van der Waals surface area (Å²) >= 11 is 7.39. The van der Waals surface area contributed by atoms with Crippen molar-refractivity contribution in [2.24, 2.45) is 0 Å². The van der Waals surface area contributed by atoms with Crippen LogP contribution in [0.5, 0.6) is 0 Å². The summed E-state index contributed by atoms with van der Waals surface area (Å²) in [6.07, 6.45) is 1.43. The maximum atomic E-state index is 13.2. The van der Waals surface area contributed by atoms with Crippen molar-refractivity contribution in [1.29, 1.82) is 0 Å². The zero-order chi connectivity index (χ0) is 21.2. The van der Waals surface area contributed by atoms with E-state index in [4.69, 9.17) is 11.6 Å². The van der Waals surface area contributed by atoms with Gasteiger partial charge in [-0.05, 0) is 55.2 Å². The third kappa shape index (κ3) is 7.09. The second kappa shape index (κ2) is 11.9. The molecule has 0 bridgehead atoms. The molecule has 0 fully saturated rings. The molecule has 2 aromatic rings. The number of carbonyl (C=O) groups excluding carboxylic acids is 2. The molecule has 0 unspecified atom stereocenters. The predicted octanol–water partition coefficient (Wildman–Crippen LogP) is 5.07. The number of benzene rings is 2. The summed E-state index contributed by atoms with van der Waals surface area (Å²) in [5.74, 6) is 0.130. The van der Waals surface area contributed by atoms with E-state index >= 15 is 0 Å². The summed E-state index contributed by atoms with van der Waals surface area (Å²) in [6, 6.07) is 14.9. The van der Waals surface area contributed by atoms with E-state index in [1.54, 1.807) is 4.90 Å². The molecule has 0 saturated heterocycles. The normalized spacial score (nSPS) is 11.7. The molecule has 2 amide bonds. The fraction of sp³-hybridized carbons (Fsp3) is 0.391. The quantitative estimate of drug-likeness (QED) is 0.533. The first-order valence-corrected chi connectivity index (χ1v) is 11.3. The Labute approximate surface area is 183 Å². The third-order valence-electron chi connectivity index (χ3n) is 4.71. The molecule has 0 spiro atoms. The molecule has 1 N–H and O–H groups in total. The zero-order valence-corrected chi connectivity index (χ0v) is 18.9. The van der Waals surface area contributed by atoms with Gasteiger partial charge in [0.25, 0.3) is 0 Å². The van der Waals surface area contributed by atoms with Crippen LogP contribution in [-0.4, -0.2) is 35.1 Å². The van der Waals surface area contributed by atoms with Gasteiger partial charge in [-0.1, -0.05) is 49.7 Å². The summed E-state index contributed by atoms with van der Waals surface area (Å²) in [4.78, 5) is 28.6. The maximum Gasteiger partial charge on any atom is 0.242 e. The Morgan fingerprint density at radius 1 is 1.10 bits per heavy atom. The largest absolute Gasteiger partial charge is 0.354 e. The molecular weight excluding hydrogens is 404 g/mol. The molecule has 0 aliphatic heterocycles. The zero-order valence-electron chi connectivity index (χ0n) is 17.3. The lowest BCUT2D eigenvalue weighted by Gasteiger charge is -2.31. The van der Waals surface area contributed by atoms with Gasteiger partial charge in [-0.2, -0.15) is 0 Å². The number of hydrogen-bond donors (Lipinski definition) is 1. The highest BCUT2D eigenvalue weighted by Crippen LogP contribution is 2.22. The van der Waals surface area contributed by atoms with Gasteiger partial charge in [0.15, 0.2) is 0 Å². The lowest BCUT2D eigenvalue weighted by molar-refractivity contribution is -0.139. The molecule has 0 aromatic heterocycles. The van der Waals surface area contributed by atoms with Crippen molar-refractivity contribution in [1.82, 2.24) is 10.2 Å². The Kier molecular flexibility index (Phi) is 9.55. The van der Waals surface area contributed by atoms with Gasteiger partial charge >= 0.3 is 0 Å². The van der Waals surface area contributed by atoms with Crippen LogP contribution in [-0.2, 0) is 16.1 Å². The van der Waals surface area contributed by atoms with Crippen molar-refractivity contribution in [2.75, 3.05) is 12.3 Å². The van der Waals surface area contributed by atoms with Crippen LogP contribution in [0.25, 0.3) is 0 Å². The molecule has 1 atom stereocenters. The fourth-order valence-corrected chi connectivity index (χ4v) is 3.93. The molecule has 29 heavy (non-hydrogen) atoms. The number of halogens is 1. The van der Waals surface area contributed by atoms with Gasteiger partial charge in [-0.25, -0.2) is 0 Å². The van der Waals surface area contributed by atoms with Crippen LogP contribution in [0.4, 0.5) is 0 Å². The van der Waals surface area contributed by atoms with Crippen LogP contribution in [0.2, 0.25) is 5.02 Å². The maximum absolute atomic E-state index is 13.2. The van der Waals surface area contributed by atoms with E-state index in [2.05, 4.69) is 5.32 Å². The SMILES string of the molecule is CCCNC(=O)[C@@H](CC)N(Cc1ccccc1C)C(=O)CSc1ccc(Cl)cc1. The van der Waals surface area contributed by atoms with Crippen molar-refractivity contribution in [2.45, 2.75) is 51.1 Å². The van der Waals surface area contributed by atoms with E-state index in [-0.39, 0.29) is 17.6 Å². The van der Waals surface area contributed by atoms with E-state index in [9.17, 15) is 9.59 Å². The van der Waals surface area contributed by atoms with Crippen molar-refractivity contribution >= 4 is 35.2 Å². The second-order valence-corrected chi connectivity index (χ2v) is 8.39. The molecule has 2 rings (SSSR count). The lowest BCUT2D eigenvalue weighted by atomic mass is 10.1. The smallest absolute Gasteiger partial charge is 0.242 e. The van der Waals surface area contributed by atoms with Gasteiger partial charge in [0, 0.05) is 23.0 Å². The average Bonchev–Trinajstić information content (AvgIpc) is 2.72. The first kappa shape index (κ1) is 23.3. The number of rotatable bonds is 10. The minimum Gasteiger partial charge on any atom is -0.354 e. The summed E-state index contributed by atoms with van der Waals surface area (Å²) in [5.41, 5.74) is 2.17. The topological polar surface area (TPSA) is 49.4 Å². The molecule has 0 heterocycles. The number of thioether (sulfide) groups is 1. The van der Waals surface area contributed by atoms with E-state index in [1.807, 2.05) is 69.3 Å². The molecular formula is C23H29ClN2O2S. The Balaban J connectivity index is 2.19. The van der Waals surface area contributed by atoms with E-state index < -0.39 is 6.04 Å². The van der Waals surface area contributed by atoms with E-state index in [1.165, 1.54) is 11.8 Å². The van der Waals surface area contributed by atoms with Crippen LogP contribution in [0.3, 0.4) is 0 Å². The van der Waals surface area contributed by atoms with Crippen LogP contribution >= 0.6 is 23.4 Å². The molecule has 0 radical (unpaired) electrons. The van der Waals surface area contributed by atoms with E-state index in [0.717, 1.165) is 22.4 Å². The summed E-state index contributed by atoms with van der Waals surface area (Å²) in [7, 11) is 0. The van der Waals surface area contributed by atoms with Crippen LogP contribution in [0.1, 0.15) is 37.8 Å². The van der Waals surface area contributed by atoms with Gasteiger partial charge in [0.2, 0.25) is 11.8 Å². The minimum atomic E-state index is -0.487. The van der Waals surface area contributed by atoms with Crippen LogP contribution in [0, 0.1) is 6.92 Å². The van der Waals surface area contributed by atoms with Gasteiger partial charge in [0.1, 0.15) is 6.04 Å². The first-order chi connectivity index (χ1) is 14.0. The number of nitrogens with zero attached hydrogens (tertiary/aromatic N) is 1. The number of amides is 2. The van der Waals surface area contributed by atoms with Gasteiger partial charge in [-0.3, -0.25) is 9.59 Å². The fourth-order valence-electron chi connectivity index (χ4n) is 3.02. The molecule has 0 aliphatic carbocycles. The number of aryl methyl sites for hydroxylation is 1. The lowest BCUT2D eigenvalue weighted by Crippen LogP contribution is -2.49. The first-order valence-electron chi connectivity index (χ1n) is 9.96. The standard InChI is InChI=1S/C23H29ClN2O2S/c1-4-14-25-23(28)21(5-2)26(15-18-9-7-6-8-17(18)3)22(27)16-29-20-12-10-19(24)11-13-20/h6-13,21H,4-5,14-16H2,1-3H3,(H,25,28)/t21-/m1/s1. The monoisotopic (exact) mass is 432 g/mol. The van der Waals surface area contributed by atoms with Crippen molar-refractivity contribution in [3.8, 4) is 0 Å². The average molecular weight is 433 g/mol.